The van der Waals surface area contributed by atoms with Crippen LogP contribution in [0, 0.1) is 12.8 Å². The van der Waals surface area contributed by atoms with Gasteiger partial charge in [-0.25, -0.2) is 0 Å². The highest BCUT2D eigenvalue weighted by atomic mass is 35.5. The summed E-state index contributed by atoms with van der Waals surface area (Å²) in [4.78, 5) is 0. The molecule has 0 aromatic heterocycles. The Balaban J connectivity index is 0.00000200. The van der Waals surface area contributed by atoms with E-state index in [1.54, 1.807) is 7.11 Å². The number of halogens is 1. The third-order valence-corrected chi connectivity index (χ3v) is 4.34. The Morgan fingerprint density at radius 2 is 1.90 bits per heavy atom. The molecule has 0 bridgehead atoms. The lowest BCUT2D eigenvalue weighted by molar-refractivity contribution is 0.0616. The Kier molecular flexibility index (Phi) is 6.80. The van der Waals surface area contributed by atoms with Crippen molar-refractivity contribution in [3.8, 4) is 5.75 Å². The molecule has 0 radical (unpaired) electrons. The van der Waals surface area contributed by atoms with E-state index in [4.69, 9.17) is 10.5 Å². The highest BCUT2D eigenvalue weighted by molar-refractivity contribution is 5.85. The smallest absolute Gasteiger partial charge is 0.119 e. The quantitative estimate of drug-likeness (QED) is 0.896. The molecule has 0 spiro atoms. The molecule has 0 aliphatic heterocycles. The molecule has 20 heavy (non-hydrogen) atoms. The van der Waals surface area contributed by atoms with Crippen molar-refractivity contribution in [2.75, 3.05) is 7.11 Å². The fourth-order valence-corrected chi connectivity index (χ4v) is 3.10. The third-order valence-electron chi connectivity index (χ3n) is 4.34. The number of hydrogen-bond donors (Lipinski definition) is 2. The van der Waals surface area contributed by atoms with E-state index in [1.807, 2.05) is 25.1 Å². The van der Waals surface area contributed by atoms with Crippen LogP contribution in [0.25, 0.3) is 0 Å². The SMILES string of the molecule is COc1ccc([C@H](N)[C@H](O)C2CCCCC2)c(C)c1.Cl. The monoisotopic (exact) mass is 299 g/mol. The molecule has 1 aliphatic rings. The van der Waals surface area contributed by atoms with Gasteiger partial charge in [-0.3, -0.25) is 0 Å². The molecule has 1 fully saturated rings. The Labute approximate surface area is 127 Å². The normalized spacial score (nSPS) is 19.0. The van der Waals surface area contributed by atoms with Crippen molar-refractivity contribution in [3.05, 3.63) is 29.3 Å². The van der Waals surface area contributed by atoms with Gasteiger partial charge in [0.1, 0.15) is 5.75 Å². The first-order valence-electron chi connectivity index (χ1n) is 7.21. The van der Waals surface area contributed by atoms with Gasteiger partial charge in [-0.05, 0) is 48.9 Å². The Morgan fingerprint density at radius 1 is 1.25 bits per heavy atom. The minimum Gasteiger partial charge on any atom is -0.497 e. The zero-order valence-electron chi connectivity index (χ0n) is 12.3. The third kappa shape index (κ3) is 3.87. The number of benzene rings is 1. The maximum atomic E-state index is 10.5. The minimum atomic E-state index is -0.438. The van der Waals surface area contributed by atoms with Crippen molar-refractivity contribution in [1.29, 1.82) is 0 Å². The van der Waals surface area contributed by atoms with Crippen molar-refractivity contribution >= 4 is 12.4 Å². The number of nitrogens with two attached hydrogens (primary N) is 1. The molecule has 0 heterocycles. The van der Waals surface area contributed by atoms with Gasteiger partial charge < -0.3 is 15.6 Å². The van der Waals surface area contributed by atoms with Crippen molar-refractivity contribution in [1.82, 2.24) is 0 Å². The number of aliphatic hydroxyl groups excluding tert-OH is 1. The lowest BCUT2D eigenvalue weighted by atomic mass is 9.81. The van der Waals surface area contributed by atoms with Crippen LogP contribution in [0.5, 0.6) is 5.75 Å². The second kappa shape index (κ2) is 7.87. The summed E-state index contributed by atoms with van der Waals surface area (Å²) in [5.41, 5.74) is 8.38. The Morgan fingerprint density at radius 3 is 2.45 bits per heavy atom. The van der Waals surface area contributed by atoms with Crippen molar-refractivity contribution in [2.45, 2.75) is 51.2 Å². The van der Waals surface area contributed by atoms with E-state index in [0.717, 1.165) is 29.7 Å². The summed E-state index contributed by atoms with van der Waals surface area (Å²) in [6.45, 7) is 2.02. The summed E-state index contributed by atoms with van der Waals surface area (Å²) in [6.07, 6.45) is 5.49. The molecule has 1 aromatic carbocycles. The van der Waals surface area contributed by atoms with Crippen LogP contribution in [-0.2, 0) is 0 Å². The number of aryl methyl sites for hydroxylation is 1. The van der Waals surface area contributed by atoms with Gasteiger partial charge in [0.2, 0.25) is 0 Å². The van der Waals surface area contributed by atoms with E-state index < -0.39 is 6.10 Å². The molecule has 2 atom stereocenters. The van der Waals surface area contributed by atoms with Crippen LogP contribution >= 0.6 is 12.4 Å². The summed E-state index contributed by atoms with van der Waals surface area (Å²) >= 11 is 0. The van der Waals surface area contributed by atoms with E-state index in [-0.39, 0.29) is 18.4 Å². The average molecular weight is 300 g/mol. The van der Waals surface area contributed by atoms with Gasteiger partial charge >= 0.3 is 0 Å². The topological polar surface area (TPSA) is 55.5 Å². The summed E-state index contributed by atoms with van der Waals surface area (Å²) in [7, 11) is 1.66. The fraction of sp³-hybridized carbons (Fsp3) is 0.625. The molecular weight excluding hydrogens is 274 g/mol. The van der Waals surface area contributed by atoms with Gasteiger partial charge in [0.05, 0.1) is 19.3 Å². The van der Waals surface area contributed by atoms with Gasteiger partial charge in [0, 0.05) is 0 Å². The average Bonchev–Trinajstić information content (AvgIpc) is 2.46. The number of aliphatic hydroxyl groups is 1. The molecule has 0 saturated heterocycles. The number of rotatable bonds is 4. The lowest BCUT2D eigenvalue weighted by Crippen LogP contribution is -2.34. The van der Waals surface area contributed by atoms with Gasteiger partial charge in [0.25, 0.3) is 0 Å². The molecule has 0 amide bonds. The first kappa shape index (κ1) is 17.3. The van der Waals surface area contributed by atoms with E-state index in [2.05, 4.69) is 0 Å². The fourth-order valence-electron chi connectivity index (χ4n) is 3.10. The van der Waals surface area contributed by atoms with E-state index >= 15 is 0 Å². The van der Waals surface area contributed by atoms with E-state index in [0.29, 0.717) is 5.92 Å². The maximum absolute atomic E-state index is 10.5. The number of ether oxygens (including phenoxy) is 1. The Bertz CT molecular complexity index is 419. The zero-order chi connectivity index (χ0) is 13.8. The van der Waals surface area contributed by atoms with E-state index in [9.17, 15) is 5.11 Å². The van der Waals surface area contributed by atoms with Crippen LogP contribution in [0.3, 0.4) is 0 Å². The minimum absolute atomic E-state index is 0. The molecule has 114 valence electrons. The predicted octanol–water partition coefficient (Wildman–Crippen LogP) is 3.37. The molecular formula is C16H26ClNO2. The van der Waals surface area contributed by atoms with Crippen LogP contribution in [0.4, 0.5) is 0 Å². The second-order valence-electron chi connectivity index (χ2n) is 5.64. The van der Waals surface area contributed by atoms with E-state index in [1.165, 1.54) is 19.3 Å². The van der Waals surface area contributed by atoms with Crippen molar-refractivity contribution < 1.29 is 9.84 Å². The van der Waals surface area contributed by atoms with Gasteiger partial charge in [-0.15, -0.1) is 12.4 Å². The molecule has 1 aliphatic carbocycles. The van der Waals surface area contributed by atoms with Gasteiger partial charge in [0.15, 0.2) is 0 Å². The molecule has 0 unspecified atom stereocenters. The molecule has 1 saturated carbocycles. The second-order valence-corrected chi connectivity index (χ2v) is 5.64. The molecule has 3 N–H and O–H groups in total. The molecule has 3 nitrogen and oxygen atoms in total. The lowest BCUT2D eigenvalue weighted by Gasteiger charge is -2.31. The Hall–Kier alpha value is -0.770. The zero-order valence-corrected chi connectivity index (χ0v) is 13.2. The highest BCUT2D eigenvalue weighted by Gasteiger charge is 2.28. The summed E-state index contributed by atoms with van der Waals surface area (Å²) < 4.78 is 5.20. The molecule has 2 rings (SSSR count). The first-order valence-corrected chi connectivity index (χ1v) is 7.21. The number of hydrogen-bond acceptors (Lipinski definition) is 3. The van der Waals surface area contributed by atoms with Crippen LogP contribution < -0.4 is 10.5 Å². The van der Waals surface area contributed by atoms with Crippen LogP contribution in [0.1, 0.15) is 49.3 Å². The van der Waals surface area contributed by atoms with Crippen molar-refractivity contribution in [2.24, 2.45) is 11.7 Å². The summed E-state index contributed by atoms with van der Waals surface area (Å²) in [5.74, 6) is 1.19. The van der Waals surface area contributed by atoms with Crippen LogP contribution in [-0.4, -0.2) is 18.3 Å². The molecule has 4 heteroatoms. The van der Waals surface area contributed by atoms with Gasteiger partial charge in [-0.2, -0.15) is 0 Å². The highest BCUT2D eigenvalue weighted by Crippen LogP contribution is 2.32. The summed E-state index contributed by atoms with van der Waals surface area (Å²) in [6, 6.07) is 5.57. The van der Waals surface area contributed by atoms with Gasteiger partial charge in [-0.1, -0.05) is 25.3 Å². The standard InChI is InChI=1S/C16H25NO2.ClH/c1-11-10-13(19-2)8-9-14(11)15(17)16(18)12-6-4-3-5-7-12;/h8-10,12,15-16,18H,3-7,17H2,1-2H3;1H/t15-,16+;/m0./s1. The first-order chi connectivity index (χ1) is 9.13. The maximum Gasteiger partial charge on any atom is 0.119 e. The summed E-state index contributed by atoms with van der Waals surface area (Å²) in [5, 5.41) is 10.5. The molecule has 1 aromatic rings. The largest absolute Gasteiger partial charge is 0.497 e. The predicted molar refractivity (Wildman–Crippen MR) is 84.5 cm³/mol. The number of methoxy groups -OCH3 is 1. The van der Waals surface area contributed by atoms with Crippen LogP contribution in [0.2, 0.25) is 0 Å². The van der Waals surface area contributed by atoms with Crippen LogP contribution in [0.15, 0.2) is 18.2 Å². The van der Waals surface area contributed by atoms with Crippen molar-refractivity contribution in [3.63, 3.8) is 0 Å².